The molecule has 0 aliphatic carbocycles. The zero-order valence-corrected chi connectivity index (χ0v) is 26.3. The van der Waals surface area contributed by atoms with Crippen LogP contribution >= 0.6 is 0 Å². The Balaban J connectivity index is 1.41. The van der Waals surface area contributed by atoms with Crippen LogP contribution in [0.5, 0.6) is 0 Å². The molecule has 6 aromatic carbocycles. The van der Waals surface area contributed by atoms with Gasteiger partial charge < -0.3 is 4.74 Å². The van der Waals surface area contributed by atoms with Gasteiger partial charge in [-0.2, -0.15) is 0 Å². The number of rotatable bonds is 5. The number of benzene rings is 6. The van der Waals surface area contributed by atoms with Crippen molar-refractivity contribution in [2.45, 2.75) is 6.92 Å². The molecule has 0 unspecified atom stereocenters. The van der Waals surface area contributed by atoms with Gasteiger partial charge in [0.1, 0.15) is 0 Å². The van der Waals surface area contributed by atoms with Gasteiger partial charge in [0.2, 0.25) is 0 Å². The number of aromatic nitrogens is 1. The first kappa shape index (κ1) is 27.3. The van der Waals surface area contributed by atoms with Crippen molar-refractivity contribution in [1.29, 1.82) is 0 Å². The molecule has 0 saturated heterocycles. The van der Waals surface area contributed by atoms with E-state index in [-0.39, 0.29) is 20.9 Å². The molecule has 4 nitrogen and oxygen atoms in total. The van der Waals surface area contributed by atoms with Crippen molar-refractivity contribution in [3.05, 3.63) is 145 Å². The van der Waals surface area contributed by atoms with Gasteiger partial charge in [-0.05, 0) is 6.92 Å². The fourth-order valence-corrected chi connectivity index (χ4v) is 8.42. The van der Waals surface area contributed by atoms with Crippen LogP contribution < -0.4 is 13.8 Å². The second-order valence-corrected chi connectivity index (χ2v) is 13.2. The first-order valence-corrected chi connectivity index (χ1v) is 16.8. The van der Waals surface area contributed by atoms with Crippen LogP contribution in [0.15, 0.2) is 140 Å². The molecular weight excluding hydrogens is 619 g/mol. The van der Waals surface area contributed by atoms with Crippen LogP contribution in [-0.4, -0.2) is 32.5 Å². The van der Waals surface area contributed by atoms with Gasteiger partial charge in [0.15, 0.2) is 0 Å². The number of hydrogen-bond acceptors (Lipinski definition) is 4. The van der Waals surface area contributed by atoms with Crippen molar-refractivity contribution in [3.8, 4) is 22.4 Å². The van der Waals surface area contributed by atoms with Gasteiger partial charge in [-0.15, -0.1) is 0 Å². The summed E-state index contributed by atoms with van der Waals surface area (Å²) in [6.07, 6.45) is 0. The molecule has 0 amide bonds. The normalized spacial score (nSPS) is 12.2. The third-order valence-electron chi connectivity index (χ3n) is 8.26. The number of fused-ring (bicyclic) bond motifs is 4. The van der Waals surface area contributed by atoms with Crippen molar-refractivity contribution < 1.29 is 9.53 Å². The second kappa shape index (κ2) is 11.4. The Hall–Kier alpha value is -5.22. The molecule has 8 rings (SSSR count). The fraction of sp³-hybridized carbons (Fsp3) is 0.0500. The average Bonchev–Trinajstić information content (AvgIpc) is 3.10. The second-order valence-electron chi connectivity index (χ2n) is 10.9. The van der Waals surface area contributed by atoms with E-state index in [0.29, 0.717) is 12.2 Å². The topological polar surface area (TPSA) is 42.4 Å². The van der Waals surface area contributed by atoms with Crippen LogP contribution in [-0.2, 0) is 4.74 Å². The number of esters is 1. The number of hydrogen-bond donors (Lipinski definition) is 0. The molecule has 2 heterocycles. The Labute approximate surface area is 268 Å². The summed E-state index contributed by atoms with van der Waals surface area (Å²) in [5.41, 5.74) is 8.93. The predicted octanol–water partition coefficient (Wildman–Crippen LogP) is 8.34. The van der Waals surface area contributed by atoms with E-state index in [1.165, 1.54) is 31.1 Å². The first-order valence-electron chi connectivity index (χ1n) is 15.0. The molecule has 216 valence electrons. The van der Waals surface area contributed by atoms with E-state index < -0.39 is 0 Å². The van der Waals surface area contributed by atoms with E-state index in [4.69, 9.17) is 9.72 Å². The molecule has 0 saturated carbocycles. The van der Waals surface area contributed by atoms with E-state index >= 15 is 0 Å². The van der Waals surface area contributed by atoms with E-state index in [0.717, 1.165) is 39.0 Å². The fourth-order valence-electron chi connectivity index (χ4n) is 6.20. The van der Waals surface area contributed by atoms with Crippen LogP contribution in [0.4, 0.5) is 17.1 Å². The first-order chi connectivity index (χ1) is 22.2. The maximum atomic E-state index is 12.4. The molecule has 45 heavy (non-hydrogen) atoms. The molecule has 5 heteroatoms. The van der Waals surface area contributed by atoms with E-state index in [2.05, 4.69) is 120 Å². The number of nitrogens with zero attached hydrogens (tertiary/aromatic N) is 2. The number of anilines is 3. The number of para-hydroxylation sites is 3. The molecule has 1 aliphatic rings. The number of pyridine rings is 1. The Morgan fingerprint density at radius 3 is 2.04 bits per heavy atom. The molecule has 0 N–H and O–H groups in total. The summed E-state index contributed by atoms with van der Waals surface area (Å²) in [7, 11) is 0. The summed E-state index contributed by atoms with van der Waals surface area (Å²) in [4.78, 5) is 20.2. The van der Waals surface area contributed by atoms with E-state index in [1.807, 2.05) is 31.2 Å². The molecule has 0 atom stereocenters. The average molecular weight is 648 g/mol. The number of carbonyl (C=O) groups is 1. The molecule has 0 fully saturated rings. The van der Waals surface area contributed by atoms with Crippen LogP contribution in [0.25, 0.3) is 44.1 Å². The molecule has 0 bridgehead atoms. The standard InChI is InChI=1S/C40H28N2O2Se/c1-2-44-40(43)28-23-21-27(22-24-28)33-25-32(30-14-9-12-26-11-3-4-13-29(26)30)31-15-10-18-36(39(31)41-33)42-34-16-5-7-19-37(34)45-38-20-8-6-17-35(38)42/h3-25H,2H2,1H3. The molecule has 0 radical (unpaired) electrons. The summed E-state index contributed by atoms with van der Waals surface area (Å²) in [6, 6.07) is 48.7. The van der Waals surface area contributed by atoms with Gasteiger partial charge in [0.25, 0.3) is 0 Å². The summed E-state index contributed by atoms with van der Waals surface area (Å²) in [5, 5.41) is 3.47. The van der Waals surface area contributed by atoms with Gasteiger partial charge in [0, 0.05) is 0 Å². The number of carbonyl (C=O) groups excluding carboxylic acids is 1. The summed E-state index contributed by atoms with van der Waals surface area (Å²) in [5.74, 6) is -0.321. The molecular formula is C40H28N2O2Se. The maximum absolute atomic E-state index is 12.4. The van der Waals surface area contributed by atoms with Crippen LogP contribution in [0.1, 0.15) is 17.3 Å². The quantitative estimate of drug-likeness (QED) is 0.139. The van der Waals surface area contributed by atoms with Crippen LogP contribution in [0.3, 0.4) is 0 Å². The summed E-state index contributed by atoms with van der Waals surface area (Å²) >= 11 is 0.210. The minimum atomic E-state index is -0.321. The van der Waals surface area contributed by atoms with Crippen molar-refractivity contribution in [2.24, 2.45) is 0 Å². The molecule has 7 aromatic rings. The van der Waals surface area contributed by atoms with Crippen molar-refractivity contribution >= 4 is 68.6 Å². The van der Waals surface area contributed by atoms with E-state index in [9.17, 15) is 4.79 Å². The Morgan fingerprint density at radius 2 is 1.29 bits per heavy atom. The molecule has 1 aromatic heterocycles. The predicted molar refractivity (Wildman–Crippen MR) is 186 cm³/mol. The van der Waals surface area contributed by atoms with E-state index in [1.54, 1.807) is 0 Å². The minimum absolute atomic E-state index is 0.210. The Kier molecular flexibility index (Phi) is 6.91. The molecule has 0 spiro atoms. The Bertz CT molecular complexity index is 2190. The zero-order chi connectivity index (χ0) is 30.3. The van der Waals surface area contributed by atoms with Crippen molar-refractivity contribution in [3.63, 3.8) is 0 Å². The summed E-state index contributed by atoms with van der Waals surface area (Å²) < 4.78 is 7.93. The number of ether oxygens (including phenoxy) is 1. The van der Waals surface area contributed by atoms with Crippen LogP contribution in [0, 0.1) is 0 Å². The Morgan fingerprint density at radius 1 is 0.667 bits per heavy atom. The SMILES string of the molecule is CCOC(=O)c1ccc(-c2cc(-c3cccc4ccccc34)c3cccc(N4c5ccccc5[Se]c5ccccc54)c3n2)cc1. The monoisotopic (exact) mass is 648 g/mol. The zero-order valence-electron chi connectivity index (χ0n) is 24.6. The third-order valence-corrected chi connectivity index (χ3v) is 10.6. The van der Waals surface area contributed by atoms with Gasteiger partial charge >= 0.3 is 246 Å². The van der Waals surface area contributed by atoms with Crippen molar-refractivity contribution in [1.82, 2.24) is 4.98 Å². The van der Waals surface area contributed by atoms with Gasteiger partial charge in [-0.1, -0.05) is 0 Å². The van der Waals surface area contributed by atoms with Gasteiger partial charge in [0.05, 0.1) is 6.61 Å². The van der Waals surface area contributed by atoms with Gasteiger partial charge in [-0.3, -0.25) is 0 Å². The van der Waals surface area contributed by atoms with Crippen LogP contribution in [0.2, 0.25) is 0 Å². The van der Waals surface area contributed by atoms with Gasteiger partial charge in [-0.25, -0.2) is 4.79 Å². The van der Waals surface area contributed by atoms with Crippen molar-refractivity contribution in [2.75, 3.05) is 11.5 Å². The summed E-state index contributed by atoms with van der Waals surface area (Å²) in [6.45, 7) is 2.16. The molecule has 1 aliphatic heterocycles. The third kappa shape index (κ3) is 4.78.